The lowest BCUT2D eigenvalue weighted by Gasteiger charge is -2.27. The molecule has 1 unspecified atom stereocenters. The minimum absolute atomic E-state index is 0.530. The van der Waals surface area contributed by atoms with Crippen LogP contribution in [-0.4, -0.2) is 21.1 Å². The Morgan fingerprint density at radius 2 is 2.00 bits per heavy atom. The van der Waals surface area contributed by atoms with Crippen molar-refractivity contribution in [2.45, 2.75) is 38.9 Å². The van der Waals surface area contributed by atoms with Crippen molar-refractivity contribution in [1.82, 2.24) is 15.0 Å². The Hall–Kier alpha value is -1.98. The SMILES string of the molecule is CC(C1CC1)N(Cc1ccccc1)Cc1nc(-c2cccs2)no1. The molecule has 4 nitrogen and oxygen atoms in total. The molecule has 0 N–H and O–H groups in total. The third-order valence-corrected chi connectivity index (χ3v) is 5.52. The van der Waals surface area contributed by atoms with E-state index in [2.05, 4.69) is 52.3 Å². The van der Waals surface area contributed by atoms with Crippen molar-refractivity contribution in [3.8, 4) is 10.7 Å². The summed E-state index contributed by atoms with van der Waals surface area (Å²) in [6, 6.07) is 15.2. The highest BCUT2D eigenvalue weighted by Gasteiger charge is 2.32. The van der Waals surface area contributed by atoms with Gasteiger partial charge in [-0.25, -0.2) is 0 Å². The summed E-state index contributed by atoms with van der Waals surface area (Å²) >= 11 is 1.63. The second-order valence-corrected chi connectivity index (χ2v) is 7.41. The largest absolute Gasteiger partial charge is 0.338 e. The van der Waals surface area contributed by atoms with Gasteiger partial charge in [-0.2, -0.15) is 4.98 Å². The van der Waals surface area contributed by atoms with Crippen LogP contribution in [0, 0.1) is 5.92 Å². The van der Waals surface area contributed by atoms with Gasteiger partial charge in [0.05, 0.1) is 11.4 Å². The smallest absolute Gasteiger partial charge is 0.241 e. The zero-order valence-electron chi connectivity index (χ0n) is 13.8. The molecule has 0 aliphatic heterocycles. The van der Waals surface area contributed by atoms with Gasteiger partial charge in [-0.15, -0.1) is 11.3 Å². The summed E-state index contributed by atoms with van der Waals surface area (Å²) in [4.78, 5) is 8.10. The highest BCUT2D eigenvalue weighted by molar-refractivity contribution is 7.13. The van der Waals surface area contributed by atoms with Crippen LogP contribution in [0.1, 0.15) is 31.2 Å². The van der Waals surface area contributed by atoms with Crippen LogP contribution < -0.4 is 0 Å². The van der Waals surface area contributed by atoms with Gasteiger partial charge in [-0.05, 0) is 42.7 Å². The van der Waals surface area contributed by atoms with Crippen molar-refractivity contribution in [3.63, 3.8) is 0 Å². The Kier molecular flexibility index (Phi) is 4.45. The van der Waals surface area contributed by atoms with Crippen molar-refractivity contribution < 1.29 is 4.52 Å². The van der Waals surface area contributed by atoms with Crippen LogP contribution in [0.15, 0.2) is 52.4 Å². The van der Waals surface area contributed by atoms with Crippen LogP contribution in [0.3, 0.4) is 0 Å². The highest BCUT2D eigenvalue weighted by atomic mass is 32.1. The predicted molar refractivity (Wildman–Crippen MR) is 95.5 cm³/mol. The fourth-order valence-corrected chi connectivity index (χ4v) is 3.69. The van der Waals surface area contributed by atoms with Crippen LogP contribution in [0.25, 0.3) is 10.7 Å². The number of rotatable bonds is 7. The summed E-state index contributed by atoms with van der Waals surface area (Å²) in [6.45, 7) is 3.93. The van der Waals surface area contributed by atoms with Crippen LogP contribution in [0.4, 0.5) is 0 Å². The van der Waals surface area contributed by atoms with Crippen LogP contribution >= 0.6 is 11.3 Å². The van der Waals surface area contributed by atoms with Crippen molar-refractivity contribution in [1.29, 1.82) is 0 Å². The third-order valence-electron chi connectivity index (χ3n) is 4.66. The number of nitrogens with zero attached hydrogens (tertiary/aromatic N) is 3. The molecule has 2 aromatic heterocycles. The maximum atomic E-state index is 5.51. The maximum Gasteiger partial charge on any atom is 0.241 e. The first-order valence-corrected chi connectivity index (χ1v) is 9.32. The standard InChI is InChI=1S/C19H21N3OS/c1-14(16-9-10-16)22(12-15-6-3-2-4-7-15)13-18-20-19(21-23-18)17-8-5-11-24-17/h2-8,11,14,16H,9-10,12-13H2,1H3. The molecule has 1 saturated carbocycles. The van der Waals surface area contributed by atoms with E-state index < -0.39 is 0 Å². The maximum absolute atomic E-state index is 5.51. The topological polar surface area (TPSA) is 42.2 Å². The summed E-state index contributed by atoms with van der Waals surface area (Å²) in [6.07, 6.45) is 2.66. The third kappa shape index (κ3) is 3.57. The molecule has 1 aliphatic carbocycles. The number of benzene rings is 1. The zero-order valence-corrected chi connectivity index (χ0v) is 14.6. The molecule has 0 bridgehead atoms. The monoisotopic (exact) mass is 339 g/mol. The Morgan fingerprint density at radius 1 is 1.17 bits per heavy atom. The molecule has 1 aliphatic rings. The Morgan fingerprint density at radius 3 is 2.71 bits per heavy atom. The lowest BCUT2D eigenvalue weighted by molar-refractivity contribution is 0.150. The molecule has 1 fully saturated rings. The predicted octanol–water partition coefficient (Wildman–Crippen LogP) is 4.60. The summed E-state index contributed by atoms with van der Waals surface area (Å²) in [7, 11) is 0. The van der Waals surface area contributed by atoms with Gasteiger partial charge in [0, 0.05) is 12.6 Å². The summed E-state index contributed by atoms with van der Waals surface area (Å²) in [5.74, 6) is 2.19. The number of hydrogen-bond donors (Lipinski definition) is 0. The van der Waals surface area contributed by atoms with Crippen LogP contribution in [0.5, 0.6) is 0 Å². The van der Waals surface area contributed by atoms with E-state index in [-0.39, 0.29) is 0 Å². The average Bonchev–Trinajstić information content (AvgIpc) is 3.11. The molecule has 0 amide bonds. The first kappa shape index (κ1) is 15.5. The second-order valence-electron chi connectivity index (χ2n) is 6.46. The first-order valence-electron chi connectivity index (χ1n) is 8.44. The number of hydrogen-bond acceptors (Lipinski definition) is 5. The van der Waals surface area contributed by atoms with E-state index >= 15 is 0 Å². The molecule has 0 spiro atoms. The van der Waals surface area contributed by atoms with E-state index in [1.54, 1.807) is 11.3 Å². The van der Waals surface area contributed by atoms with Crippen molar-refractivity contribution in [3.05, 3.63) is 59.3 Å². The van der Waals surface area contributed by atoms with Gasteiger partial charge in [0.15, 0.2) is 0 Å². The normalized spacial score (nSPS) is 15.8. The van der Waals surface area contributed by atoms with Gasteiger partial charge >= 0.3 is 0 Å². The Balaban J connectivity index is 1.51. The molecule has 3 aromatic rings. The molecule has 2 heterocycles. The molecule has 5 heteroatoms. The molecule has 24 heavy (non-hydrogen) atoms. The molecular formula is C19H21N3OS. The molecule has 1 atom stereocenters. The summed E-state index contributed by atoms with van der Waals surface area (Å²) in [5, 5.41) is 6.17. The minimum atomic E-state index is 0.530. The summed E-state index contributed by atoms with van der Waals surface area (Å²) < 4.78 is 5.51. The molecule has 1 aromatic carbocycles. The number of thiophene rings is 1. The highest BCUT2D eigenvalue weighted by Crippen LogP contribution is 2.36. The lowest BCUT2D eigenvalue weighted by Crippen LogP contribution is -2.33. The van der Waals surface area contributed by atoms with E-state index in [1.807, 2.05) is 17.5 Å². The van der Waals surface area contributed by atoms with E-state index in [1.165, 1.54) is 18.4 Å². The van der Waals surface area contributed by atoms with Gasteiger partial charge in [0.25, 0.3) is 0 Å². The average molecular weight is 339 g/mol. The van der Waals surface area contributed by atoms with Gasteiger partial charge in [0.1, 0.15) is 0 Å². The van der Waals surface area contributed by atoms with Crippen LogP contribution in [0.2, 0.25) is 0 Å². The Labute approximate surface area is 146 Å². The fraction of sp³-hybridized carbons (Fsp3) is 0.368. The minimum Gasteiger partial charge on any atom is -0.338 e. The lowest BCUT2D eigenvalue weighted by atomic mass is 10.1. The second kappa shape index (κ2) is 6.87. The quantitative estimate of drug-likeness (QED) is 0.631. The molecule has 124 valence electrons. The molecule has 4 rings (SSSR count). The Bertz CT molecular complexity index is 765. The van der Waals surface area contributed by atoms with E-state index in [0.717, 1.165) is 17.3 Å². The van der Waals surface area contributed by atoms with E-state index in [9.17, 15) is 0 Å². The molecular weight excluding hydrogens is 318 g/mol. The van der Waals surface area contributed by atoms with Crippen molar-refractivity contribution in [2.75, 3.05) is 0 Å². The van der Waals surface area contributed by atoms with Gasteiger partial charge in [0.2, 0.25) is 11.7 Å². The van der Waals surface area contributed by atoms with Crippen molar-refractivity contribution >= 4 is 11.3 Å². The fourth-order valence-electron chi connectivity index (χ4n) is 3.04. The molecule has 0 radical (unpaired) electrons. The van der Waals surface area contributed by atoms with E-state index in [0.29, 0.717) is 24.3 Å². The number of aromatic nitrogens is 2. The van der Waals surface area contributed by atoms with Crippen molar-refractivity contribution in [2.24, 2.45) is 5.92 Å². The van der Waals surface area contributed by atoms with E-state index in [4.69, 9.17) is 4.52 Å². The van der Waals surface area contributed by atoms with Gasteiger partial charge < -0.3 is 4.52 Å². The first-order chi connectivity index (χ1) is 11.8. The van der Waals surface area contributed by atoms with Crippen LogP contribution in [-0.2, 0) is 13.1 Å². The molecule has 0 saturated heterocycles. The summed E-state index contributed by atoms with van der Waals surface area (Å²) in [5.41, 5.74) is 1.32. The van der Waals surface area contributed by atoms with Gasteiger partial charge in [-0.1, -0.05) is 41.6 Å². The zero-order chi connectivity index (χ0) is 16.4. The van der Waals surface area contributed by atoms with Gasteiger partial charge in [-0.3, -0.25) is 4.90 Å².